The van der Waals surface area contributed by atoms with Crippen LogP contribution in [-0.4, -0.2) is 15.9 Å². The second-order valence-corrected chi connectivity index (χ2v) is 10.2. The van der Waals surface area contributed by atoms with Gasteiger partial charge in [0.15, 0.2) is 5.13 Å². The maximum atomic E-state index is 12.9. The molecule has 2 heterocycles. The molecule has 0 fully saturated rings. The summed E-state index contributed by atoms with van der Waals surface area (Å²) in [6.07, 6.45) is 1.68. The molecule has 0 aliphatic rings. The van der Waals surface area contributed by atoms with Gasteiger partial charge >= 0.3 is 0 Å². The average molecular weight is 473 g/mol. The molecule has 6 nitrogen and oxygen atoms in total. The number of pyridine rings is 1. The molecule has 2 aromatic carbocycles. The van der Waals surface area contributed by atoms with Crippen LogP contribution in [0.4, 0.5) is 16.5 Å². The van der Waals surface area contributed by atoms with Crippen LogP contribution in [0.1, 0.15) is 48.0 Å². The van der Waals surface area contributed by atoms with Gasteiger partial charge < -0.3 is 15.6 Å². The van der Waals surface area contributed by atoms with E-state index in [9.17, 15) is 9.59 Å². The Kier molecular flexibility index (Phi) is 6.39. The predicted molar refractivity (Wildman–Crippen MR) is 140 cm³/mol. The molecule has 174 valence electrons. The molecular formula is C27H28N4O2S. The summed E-state index contributed by atoms with van der Waals surface area (Å²) in [5.74, 6) is -0.162. The highest BCUT2D eigenvalue weighted by molar-refractivity contribution is 7.13. The predicted octanol–water partition coefficient (Wildman–Crippen LogP) is 6.41. The zero-order valence-electron chi connectivity index (χ0n) is 19.9. The summed E-state index contributed by atoms with van der Waals surface area (Å²) in [6.45, 7) is 10.3. The number of nitrogens with zero attached hydrogens (tertiary/aromatic N) is 1. The highest BCUT2D eigenvalue weighted by Gasteiger charge is 2.16. The molecule has 4 rings (SSSR count). The van der Waals surface area contributed by atoms with Gasteiger partial charge in [0.2, 0.25) is 0 Å². The van der Waals surface area contributed by atoms with Crippen molar-refractivity contribution in [2.45, 2.75) is 40.0 Å². The van der Waals surface area contributed by atoms with Gasteiger partial charge in [-0.2, -0.15) is 0 Å². The molecule has 2 aromatic heterocycles. The van der Waals surface area contributed by atoms with Gasteiger partial charge in [0.1, 0.15) is 5.69 Å². The number of aromatic nitrogens is 2. The Labute approximate surface area is 203 Å². The minimum absolute atomic E-state index is 0.0295. The number of amides is 1. The molecule has 0 atom stereocenters. The number of benzene rings is 2. The van der Waals surface area contributed by atoms with Crippen LogP contribution in [0.2, 0.25) is 0 Å². The number of carbonyl (C=O) groups is 1. The van der Waals surface area contributed by atoms with Crippen molar-refractivity contribution in [2.24, 2.45) is 0 Å². The van der Waals surface area contributed by atoms with Crippen molar-refractivity contribution in [2.75, 3.05) is 10.6 Å². The first-order valence-corrected chi connectivity index (χ1v) is 11.9. The van der Waals surface area contributed by atoms with Gasteiger partial charge in [-0.25, -0.2) is 4.98 Å². The first kappa shape index (κ1) is 23.4. The first-order valence-electron chi connectivity index (χ1n) is 11.1. The molecule has 0 radical (unpaired) electrons. The van der Waals surface area contributed by atoms with Gasteiger partial charge in [-0.15, -0.1) is 11.3 Å². The van der Waals surface area contributed by atoms with Crippen molar-refractivity contribution >= 4 is 33.8 Å². The molecule has 34 heavy (non-hydrogen) atoms. The number of thiazole rings is 1. The third-order valence-electron chi connectivity index (χ3n) is 5.80. The van der Waals surface area contributed by atoms with Crippen molar-refractivity contribution in [3.05, 3.63) is 92.8 Å². The summed E-state index contributed by atoms with van der Waals surface area (Å²) in [6, 6.07) is 15.3. The van der Waals surface area contributed by atoms with Gasteiger partial charge in [-0.3, -0.25) is 9.59 Å². The molecule has 7 heteroatoms. The Morgan fingerprint density at radius 2 is 1.74 bits per heavy atom. The van der Waals surface area contributed by atoms with E-state index in [4.69, 9.17) is 0 Å². The van der Waals surface area contributed by atoms with Crippen LogP contribution in [0, 0.1) is 13.8 Å². The molecule has 0 spiro atoms. The van der Waals surface area contributed by atoms with Gasteiger partial charge in [0, 0.05) is 34.1 Å². The lowest BCUT2D eigenvalue weighted by Crippen LogP contribution is -2.15. The van der Waals surface area contributed by atoms with E-state index in [-0.39, 0.29) is 16.9 Å². The fourth-order valence-electron chi connectivity index (χ4n) is 3.78. The number of hydrogen-bond acceptors (Lipinski definition) is 5. The molecule has 0 saturated heterocycles. The Bertz CT molecular complexity index is 1380. The number of H-pyrrole nitrogens is 1. The summed E-state index contributed by atoms with van der Waals surface area (Å²) in [4.78, 5) is 32.6. The lowest BCUT2D eigenvalue weighted by atomic mass is 9.86. The van der Waals surface area contributed by atoms with E-state index in [2.05, 4.69) is 41.4 Å². The standard InChI is InChI=1S/C27H28N4O2S/c1-16-20(21-15-23(25(33)29-17(21)2)31-26-28-13-14-34-26)7-6-8-22(16)30-24(32)18-9-11-19(12-10-18)27(3,4)5/h6-15H,1-5H3,(H,28,31)(H,29,33)(H,30,32). The quantitative estimate of drug-likeness (QED) is 0.313. The minimum Gasteiger partial charge on any atom is -0.327 e. The molecular weight excluding hydrogens is 444 g/mol. The summed E-state index contributed by atoms with van der Waals surface area (Å²) in [5.41, 5.74) is 6.21. The normalized spacial score (nSPS) is 11.3. The fourth-order valence-corrected chi connectivity index (χ4v) is 4.32. The van der Waals surface area contributed by atoms with Crippen LogP contribution in [-0.2, 0) is 5.41 Å². The topological polar surface area (TPSA) is 86.9 Å². The molecule has 1 amide bonds. The highest BCUT2D eigenvalue weighted by Crippen LogP contribution is 2.32. The van der Waals surface area contributed by atoms with Crippen LogP contribution in [0.3, 0.4) is 0 Å². The van der Waals surface area contributed by atoms with Crippen LogP contribution in [0.15, 0.2) is 64.9 Å². The molecule has 4 aromatic rings. The van der Waals surface area contributed by atoms with Crippen LogP contribution < -0.4 is 16.2 Å². The zero-order valence-corrected chi connectivity index (χ0v) is 20.8. The van der Waals surface area contributed by atoms with E-state index < -0.39 is 0 Å². The highest BCUT2D eigenvalue weighted by atomic mass is 32.1. The van der Waals surface area contributed by atoms with Gasteiger partial charge in [-0.05, 0) is 60.2 Å². The van der Waals surface area contributed by atoms with E-state index in [1.165, 1.54) is 16.9 Å². The number of rotatable bonds is 5. The van der Waals surface area contributed by atoms with Crippen LogP contribution in [0.5, 0.6) is 0 Å². The number of aryl methyl sites for hydroxylation is 1. The van der Waals surface area contributed by atoms with E-state index in [1.54, 1.807) is 6.20 Å². The van der Waals surface area contributed by atoms with Crippen molar-refractivity contribution < 1.29 is 4.79 Å². The van der Waals surface area contributed by atoms with E-state index in [0.29, 0.717) is 16.4 Å². The van der Waals surface area contributed by atoms with Crippen molar-refractivity contribution in [3.8, 4) is 11.1 Å². The minimum atomic E-state index is -0.211. The van der Waals surface area contributed by atoms with Gasteiger partial charge in [0.05, 0.1) is 0 Å². The summed E-state index contributed by atoms with van der Waals surface area (Å²) in [7, 11) is 0. The van der Waals surface area contributed by atoms with Gasteiger partial charge in [-0.1, -0.05) is 45.0 Å². The third kappa shape index (κ3) is 4.94. The Hall–Kier alpha value is -3.71. The number of hydrogen-bond donors (Lipinski definition) is 3. The first-order chi connectivity index (χ1) is 16.1. The van der Waals surface area contributed by atoms with Crippen LogP contribution >= 0.6 is 11.3 Å². The molecule has 0 aliphatic carbocycles. The Balaban J connectivity index is 1.63. The summed E-state index contributed by atoms with van der Waals surface area (Å²) < 4.78 is 0. The Morgan fingerprint density at radius 1 is 1.00 bits per heavy atom. The fraction of sp³-hybridized carbons (Fsp3) is 0.222. The smallest absolute Gasteiger partial charge is 0.271 e. The van der Waals surface area contributed by atoms with E-state index in [0.717, 1.165) is 28.1 Å². The molecule has 0 bridgehead atoms. The largest absolute Gasteiger partial charge is 0.327 e. The SMILES string of the molecule is Cc1[nH]c(=O)c(Nc2nccs2)cc1-c1cccc(NC(=O)c2ccc(C(C)(C)C)cc2)c1C. The monoisotopic (exact) mass is 472 g/mol. The Morgan fingerprint density at radius 3 is 2.38 bits per heavy atom. The lowest BCUT2D eigenvalue weighted by molar-refractivity contribution is 0.102. The summed E-state index contributed by atoms with van der Waals surface area (Å²) in [5, 5.41) is 8.62. The number of anilines is 3. The van der Waals surface area contributed by atoms with Crippen molar-refractivity contribution in [1.29, 1.82) is 0 Å². The number of carbonyl (C=O) groups excluding carboxylic acids is 1. The second-order valence-electron chi connectivity index (χ2n) is 9.27. The lowest BCUT2D eigenvalue weighted by Gasteiger charge is -2.19. The number of aromatic amines is 1. The van der Waals surface area contributed by atoms with Gasteiger partial charge in [0.25, 0.3) is 11.5 Å². The molecule has 3 N–H and O–H groups in total. The van der Waals surface area contributed by atoms with Crippen molar-refractivity contribution in [1.82, 2.24) is 9.97 Å². The maximum Gasteiger partial charge on any atom is 0.271 e. The van der Waals surface area contributed by atoms with E-state index >= 15 is 0 Å². The van der Waals surface area contributed by atoms with E-state index in [1.807, 2.05) is 67.8 Å². The molecule has 0 saturated carbocycles. The summed E-state index contributed by atoms with van der Waals surface area (Å²) >= 11 is 1.42. The second kappa shape index (κ2) is 9.27. The maximum absolute atomic E-state index is 12.9. The molecule has 0 aliphatic heterocycles. The average Bonchev–Trinajstić information content (AvgIpc) is 3.30. The third-order valence-corrected chi connectivity index (χ3v) is 6.49. The molecule has 0 unspecified atom stereocenters. The van der Waals surface area contributed by atoms with Crippen molar-refractivity contribution in [3.63, 3.8) is 0 Å². The zero-order chi connectivity index (χ0) is 24.5. The number of nitrogens with one attached hydrogen (secondary N) is 3. The van der Waals surface area contributed by atoms with Crippen LogP contribution in [0.25, 0.3) is 11.1 Å².